The molecule has 4 amide bonds. The highest BCUT2D eigenvalue weighted by atomic mass is 16.6. The quantitative estimate of drug-likeness (QED) is 0.0958. The summed E-state index contributed by atoms with van der Waals surface area (Å²) in [6, 6.07) is 45.5. The van der Waals surface area contributed by atoms with Gasteiger partial charge in [0.1, 0.15) is 35.7 Å². The summed E-state index contributed by atoms with van der Waals surface area (Å²) in [5, 5.41) is 13.0. The molecule has 15 heteroatoms. The summed E-state index contributed by atoms with van der Waals surface area (Å²) in [5.41, 5.74) is 2.55. The van der Waals surface area contributed by atoms with Crippen LogP contribution in [-0.2, 0) is 24.5 Å². The fourth-order valence-electron chi connectivity index (χ4n) is 11.6. The SMILES string of the molecule is COc1ccc(C#Cc2ccc3c(c2)[C@]2(C(=O)N3C(=O)N[C@H](C)c3ccccc3)[C@H](C(=O)N3CCN(c4ncccn4)CC3)[C@H]3C(=O)O[C@H](c4ccccc4)[C@H](c4ccccc4)N3[C@@H]2c2cccc(OCCO)c2)cc1. The number of fused-ring (bicyclic) bond motifs is 3. The van der Waals surface area contributed by atoms with Crippen LogP contribution in [0.1, 0.15) is 70.1 Å². The van der Waals surface area contributed by atoms with Gasteiger partial charge in [-0.3, -0.25) is 19.3 Å². The number of rotatable bonds is 11. The maximum Gasteiger partial charge on any atom is 0.329 e. The number of anilines is 2. The Morgan fingerprint density at radius 3 is 2.07 bits per heavy atom. The molecule has 3 saturated heterocycles. The van der Waals surface area contributed by atoms with E-state index >= 15 is 19.2 Å². The number of hydrogen-bond donors (Lipinski definition) is 2. The number of ether oxygens (including phenoxy) is 3. The fourth-order valence-corrected chi connectivity index (χ4v) is 11.6. The van der Waals surface area contributed by atoms with E-state index in [0.29, 0.717) is 58.4 Å². The van der Waals surface area contributed by atoms with Crippen molar-refractivity contribution >= 4 is 35.5 Å². The largest absolute Gasteiger partial charge is 0.497 e. The van der Waals surface area contributed by atoms with Crippen molar-refractivity contribution in [1.29, 1.82) is 0 Å². The van der Waals surface area contributed by atoms with Gasteiger partial charge in [-0.1, -0.05) is 115 Å². The van der Waals surface area contributed by atoms with Crippen molar-refractivity contribution in [3.05, 3.63) is 215 Å². The second kappa shape index (κ2) is 21.2. The first-order valence-corrected chi connectivity index (χ1v) is 25.4. The van der Waals surface area contributed by atoms with Crippen LogP contribution in [0.4, 0.5) is 16.4 Å². The number of nitrogens with one attached hydrogen (secondary N) is 1. The minimum absolute atomic E-state index is 0.0205. The number of amides is 4. The monoisotopic (exact) mass is 1010 g/mol. The first-order chi connectivity index (χ1) is 37.2. The van der Waals surface area contributed by atoms with Gasteiger partial charge in [0.25, 0.3) is 0 Å². The topological polar surface area (TPSA) is 167 Å². The van der Waals surface area contributed by atoms with E-state index < -0.39 is 65.4 Å². The van der Waals surface area contributed by atoms with E-state index in [0.717, 1.165) is 16.0 Å². The fraction of sp³-hybridized carbons (Fsp3) is 0.246. The van der Waals surface area contributed by atoms with Crippen LogP contribution in [0.2, 0.25) is 0 Å². The van der Waals surface area contributed by atoms with Crippen LogP contribution in [0.25, 0.3) is 0 Å². The number of esters is 1. The zero-order valence-electron chi connectivity index (χ0n) is 41.9. The summed E-state index contributed by atoms with van der Waals surface area (Å²) >= 11 is 0. The Morgan fingerprint density at radius 2 is 1.38 bits per heavy atom. The lowest BCUT2D eigenvalue weighted by atomic mass is 9.64. The van der Waals surface area contributed by atoms with Crippen LogP contribution in [-0.4, -0.2) is 101 Å². The average molecular weight is 1010 g/mol. The molecular weight excluding hydrogens is 959 g/mol. The molecule has 76 heavy (non-hydrogen) atoms. The van der Waals surface area contributed by atoms with Crippen LogP contribution < -0.4 is 24.6 Å². The number of imide groups is 1. The van der Waals surface area contributed by atoms with E-state index in [1.165, 1.54) is 0 Å². The Balaban J connectivity index is 1.17. The predicted molar refractivity (Wildman–Crippen MR) is 284 cm³/mol. The van der Waals surface area contributed by atoms with E-state index in [1.54, 1.807) is 66.9 Å². The van der Waals surface area contributed by atoms with E-state index in [9.17, 15) is 5.11 Å². The Kier molecular flexibility index (Phi) is 13.8. The molecule has 4 aliphatic rings. The summed E-state index contributed by atoms with van der Waals surface area (Å²) in [6.07, 6.45) is 2.42. The van der Waals surface area contributed by atoms with Crippen molar-refractivity contribution in [3.8, 4) is 23.3 Å². The molecule has 6 aromatic carbocycles. The average Bonchev–Trinajstić information content (AvgIpc) is 4.07. The molecule has 0 unspecified atom stereocenters. The molecule has 1 aromatic heterocycles. The van der Waals surface area contributed by atoms with Gasteiger partial charge < -0.3 is 34.4 Å². The molecule has 15 nitrogen and oxygen atoms in total. The predicted octanol–water partition coefficient (Wildman–Crippen LogP) is 7.74. The van der Waals surface area contributed by atoms with Gasteiger partial charge in [0, 0.05) is 49.7 Å². The lowest BCUT2D eigenvalue weighted by molar-refractivity contribution is -0.179. The number of morpholine rings is 1. The second-order valence-electron chi connectivity index (χ2n) is 19.2. The van der Waals surface area contributed by atoms with E-state index in [1.807, 2.05) is 138 Å². The maximum absolute atomic E-state index is 17.0. The zero-order valence-corrected chi connectivity index (χ0v) is 41.9. The van der Waals surface area contributed by atoms with Gasteiger partial charge in [-0.05, 0) is 95.4 Å². The second-order valence-corrected chi connectivity index (χ2v) is 19.2. The number of cyclic esters (lactones) is 1. The first-order valence-electron chi connectivity index (χ1n) is 25.4. The molecule has 4 aliphatic heterocycles. The highest BCUT2D eigenvalue weighted by molar-refractivity contribution is 6.24. The zero-order chi connectivity index (χ0) is 52.3. The molecule has 5 heterocycles. The number of urea groups is 1. The molecule has 3 fully saturated rings. The number of hydrogen-bond acceptors (Lipinski definition) is 12. The number of aliphatic hydroxyl groups is 1. The summed E-state index contributed by atoms with van der Waals surface area (Å²) in [4.78, 5) is 80.4. The third-order valence-corrected chi connectivity index (χ3v) is 15.0. The number of nitrogens with zero attached hydrogens (tertiary/aromatic N) is 6. The van der Waals surface area contributed by atoms with Gasteiger partial charge in [-0.2, -0.15) is 0 Å². The molecular formula is C61H55N7O8. The van der Waals surface area contributed by atoms with E-state index in [2.05, 4.69) is 27.1 Å². The van der Waals surface area contributed by atoms with Crippen molar-refractivity contribution in [2.45, 2.75) is 42.6 Å². The number of piperazine rings is 1. The third kappa shape index (κ3) is 8.95. The van der Waals surface area contributed by atoms with Gasteiger partial charge in [0.15, 0.2) is 0 Å². The number of carbonyl (C=O) groups excluding carboxylic acids is 4. The number of aliphatic hydroxyl groups excluding tert-OH is 1. The number of benzene rings is 6. The molecule has 1 spiro atoms. The summed E-state index contributed by atoms with van der Waals surface area (Å²) in [5.74, 6) is 4.80. The van der Waals surface area contributed by atoms with Gasteiger partial charge in [0.05, 0.1) is 43.4 Å². The van der Waals surface area contributed by atoms with Gasteiger partial charge in [0.2, 0.25) is 17.8 Å². The van der Waals surface area contributed by atoms with E-state index in [4.69, 9.17) is 14.2 Å². The lowest BCUT2D eigenvalue weighted by Gasteiger charge is -2.46. The third-order valence-electron chi connectivity index (χ3n) is 15.0. The van der Waals surface area contributed by atoms with Crippen molar-refractivity contribution in [1.82, 2.24) is 25.1 Å². The normalized spacial score (nSPS) is 22.2. The highest BCUT2D eigenvalue weighted by Gasteiger charge is 2.76. The van der Waals surface area contributed by atoms with Crippen LogP contribution in [0.15, 0.2) is 176 Å². The molecule has 0 radical (unpaired) electrons. The van der Waals surface area contributed by atoms with Crippen molar-refractivity contribution in [2.24, 2.45) is 5.92 Å². The Bertz CT molecular complexity index is 3310. The van der Waals surface area contributed by atoms with Crippen LogP contribution in [0.3, 0.4) is 0 Å². The number of carbonyl (C=O) groups is 4. The Morgan fingerprint density at radius 1 is 0.737 bits per heavy atom. The molecule has 7 atom stereocenters. The van der Waals surface area contributed by atoms with E-state index in [-0.39, 0.29) is 32.0 Å². The van der Waals surface area contributed by atoms with Crippen molar-refractivity contribution < 1.29 is 38.5 Å². The maximum atomic E-state index is 17.0. The Labute approximate surface area is 440 Å². The lowest BCUT2D eigenvalue weighted by Crippen LogP contribution is -2.59. The van der Waals surface area contributed by atoms with Gasteiger partial charge in [-0.15, -0.1) is 0 Å². The summed E-state index contributed by atoms with van der Waals surface area (Å²) in [7, 11) is 1.59. The number of methoxy groups -OCH3 is 1. The van der Waals surface area contributed by atoms with Crippen molar-refractivity contribution in [2.75, 3.05) is 56.3 Å². The molecule has 2 N–H and O–H groups in total. The molecule has 7 aromatic rings. The molecule has 382 valence electrons. The molecule has 0 bridgehead atoms. The standard InChI is InChI=1S/C61H55N7O8/c1-40(43-14-6-3-7-15-43)64-60(73)67-50-29-26-42(23-22-41-24-27-47(74-2)28-25-41)38-49(50)61(58(67)72)51(56(70)65-32-34-66(35-33-65)59-62-30-13-31-63-59)53-57(71)76-54(45-18-10-5-11-19-45)52(44-16-8-4-9-17-44)68(53)55(61)46-20-12-21-48(39-46)75-37-36-69/h3-21,24-31,38-40,51-55,69H,32-37H2,1-2H3,(H,64,73)/t40-,51+,52+,53+,54-,55-,61+/m1/s1. The molecule has 0 aliphatic carbocycles. The Hall–Kier alpha value is -8.84. The minimum Gasteiger partial charge on any atom is -0.497 e. The molecule has 11 rings (SSSR count). The van der Waals surface area contributed by atoms with Crippen LogP contribution in [0.5, 0.6) is 11.5 Å². The van der Waals surface area contributed by atoms with Gasteiger partial charge in [-0.25, -0.2) is 19.7 Å². The number of aromatic nitrogens is 2. The highest BCUT2D eigenvalue weighted by Crippen LogP contribution is 2.66. The first kappa shape index (κ1) is 49.4. The summed E-state index contributed by atoms with van der Waals surface area (Å²) in [6.45, 7) is 2.72. The molecule has 0 saturated carbocycles. The smallest absolute Gasteiger partial charge is 0.329 e. The van der Waals surface area contributed by atoms with Gasteiger partial charge >= 0.3 is 12.0 Å². The van der Waals surface area contributed by atoms with Crippen molar-refractivity contribution in [3.63, 3.8) is 0 Å². The van der Waals surface area contributed by atoms with Crippen LogP contribution >= 0.6 is 0 Å². The van der Waals surface area contributed by atoms with Crippen LogP contribution in [0, 0.1) is 17.8 Å². The summed E-state index contributed by atoms with van der Waals surface area (Å²) < 4.78 is 18.2. The minimum atomic E-state index is -2.03.